The van der Waals surface area contributed by atoms with Gasteiger partial charge in [0.15, 0.2) is 0 Å². The quantitative estimate of drug-likeness (QED) is 0.625. The molecule has 0 radical (unpaired) electrons. The molecule has 7 nitrogen and oxygen atoms in total. The van der Waals surface area contributed by atoms with Crippen molar-refractivity contribution in [3.8, 4) is 0 Å². The second kappa shape index (κ2) is 7.98. The molecule has 1 aliphatic carbocycles. The Morgan fingerprint density at radius 1 is 1.26 bits per heavy atom. The fourth-order valence-electron chi connectivity index (χ4n) is 2.57. The lowest BCUT2D eigenvalue weighted by Crippen LogP contribution is -2.41. The Morgan fingerprint density at radius 3 is 2.41 bits per heavy atom. The van der Waals surface area contributed by atoms with Crippen molar-refractivity contribution < 1.29 is 23.1 Å². The van der Waals surface area contributed by atoms with Crippen LogP contribution in [0.25, 0.3) is 0 Å². The SMILES string of the molecule is Cc1ccc(S(=O)(=O)NC2CC2)cc1C(=O)NC(CCC(C)(C)C)C(=O)O. The molecule has 1 atom stereocenters. The van der Waals surface area contributed by atoms with Gasteiger partial charge in [0.2, 0.25) is 10.0 Å². The summed E-state index contributed by atoms with van der Waals surface area (Å²) in [6, 6.07) is 3.24. The predicted octanol–water partition coefficient (Wildman–Crippen LogP) is 2.45. The van der Waals surface area contributed by atoms with Crippen molar-refractivity contribution >= 4 is 21.9 Å². The first-order valence-corrected chi connectivity index (χ1v) is 10.5. The third kappa shape index (κ3) is 6.32. The number of hydrogen-bond acceptors (Lipinski definition) is 4. The van der Waals surface area contributed by atoms with E-state index in [1.807, 2.05) is 20.8 Å². The monoisotopic (exact) mass is 396 g/mol. The highest BCUT2D eigenvalue weighted by Crippen LogP contribution is 2.24. The van der Waals surface area contributed by atoms with Crippen LogP contribution < -0.4 is 10.0 Å². The van der Waals surface area contributed by atoms with Crippen LogP contribution >= 0.6 is 0 Å². The van der Waals surface area contributed by atoms with Crippen LogP contribution in [0.1, 0.15) is 62.4 Å². The Morgan fingerprint density at radius 2 is 1.89 bits per heavy atom. The maximum atomic E-state index is 12.6. The van der Waals surface area contributed by atoms with Crippen LogP contribution in [0.4, 0.5) is 0 Å². The van der Waals surface area contributed by atoms with Gasteiger partial charge >= 0.3 is 5.97 Å². The Balaban J connectivity index is 2.18. The third-order valence-corrected chi connectivity index (χ3v) is 5.97. The van der Waals surface area contributed by atoms with Gasteiger partial charge in [-0.1, -0.05) is 26.8 Å². The molecule has 1 aliphatic rings. The number of aliphatic carboxylic acids is 1. The highest BCUT2D eigenvalue weighted by Gasteiger charge is 2.29. The molecule has 2 rings (SSSR count). The molecule has 1 aromatic rings. The van der Waals surface area contributed by atoms with Gasteiger partial charge in [-0.15, -0.1) is 0 Å². The summed E-state index contributed by atoms with van der Waals surface area (Å²) in [6.45, 7) is 7.68. The van der Waals surface area contributed by atoms with Gasteiger partial charge in [-0.05, 0) is 55.7 Å². The van der Waals surface area contributed by atoms with Crippen LogP contribution in [0, 0.1) is 12.3 Å². The van der Waals surface area contributed by atoms with E-state index in [4.69, 9.17) is 0 Å². The molecule has 0 spiro atoms. The molecule has 1 fully saturated rings. The smallest absolute Gasteiger partial charge is 0.326 e. The van der Waals surface area contributed by atoms with E-state index in [2.05, 4.69) is 10.0 Å². The summed E-state index contributed by atoms with van der Waals surface area (Å²) >= 11 is 0. The average Bonchev–Trinajstić information content (AvgIpc) is 3.33. The molecule has 8 heteroatoms. The van der Waals surface area contributed by atoms with Gasteiger partial charge in [-0.2, -0.15) is 0 Å². The number of carbonyl (C=O) groups is 2. The molecule has 1 saturated carbocycles. The molecule has 150 valence electrons. The Labute approximate surface area is 160 Å². The van der Waals surface area contributed by atoms with Crippen molar-refractivity contribution in [2.75, 3.05) is 0 Å². The number of amides is 1. The number of benzene rings is 1. The summed E-state index contributed by atoms with van der Waals surface area (Å²) in [4.78, 5) is 24.1. The number of nitrogens with one attached hydrogen (secondary N) is 2. The summed E-state index contributed by atoms with van der Waals surface area (Å²) in [6.07, 6.45) is 2.55. The number of carbonyl (C=O) groups excluding carboxylic acids is 1. The molecule has 1 amide bonds. The zero-order valence-electron chi connectivity index (χ0n) is 16.2. The number of carboxylic acid groups (broad SMARTS) is 1. The lowest BCUT2D eigenvalue weighted by atomic mass is 9.88. The molecule has 27 heavy (non-hydrogen) atoms. The molecular weight excluding hydrogens is 368 g/mol. The van der Waals surface area contributed by atoms with E-state index >= 15 is 0 Å². The van der Waals surface area contributed by atoms with Gasteiger partial charge in [0.05, 0.1) is 4.90 Å². The van der Waals surface area contributed by atoms with Gasteiger partial charge in [-0.25, -0.2) is 17.9 Å². The Hall–Kier alpha value is -1.93. The molecule has 1 aromatic carbocycles. The lowest BCUT2D eigenvalue weighted by molar-refractivity contribution is -0.139. The summed E-state index contributed by atoms with van der Waals surface area (Å²) in [5.74, 6) is -1.69. The van der Waals surface area contributed by atoms with Gasteiger partial charge in [0, 0.05) is 11.6 Å². The van der Waals surface area contributed by atoms with E-state index in [0.29, 0.717) is 18.4 Å². The van der Waals surface area contributed by atoms with Gasteiger partial charge in [0.1, 0.15) is 6.04 Å². The minimum atomic E-state index is -3.69. The van der Waals surface area contributed by atoms with Crippen molar-refractivity contribution in [2.24, 2.45) is 5.41 Å². The van der Waals surface area contributed by atoms with Crippen molar-refractivity contribution in [3.05, 3.63) is 29.3 Å². The number of rotatable bonds is 8. The van der Waals surface area contributed by atoms with E-state index in [0.717, 1.165) is 12.8 Å². The van der Waals surface area contributed by atoms with E-state index in [-0.39, 0.29) is 21.9 Å². The van der Waals surface area contributed by atoms with Crippen molar-refractivity contribution in [1.82, 2.24) is 10.0 Å². The summed E-state index contributed by atoms with van der Waals surface area (Å²) < 4.78 is 27.3. The predicted molar refractivity (Wildman–Crippen MR) is 102 cm³/mol. The zero-order valence-corrected chi connectivity index (χ0v) is 17.0. The second-order valence-electron chi connectivity index (χ2n) is 8.34. The third-order valence-electron chi connectivity index (χ3n) is 4.45. The van der Waals surface area contributed by atoms with E-state index < -0.39 is 27.9 Å². The van der Waals surface area contributed by atoms with Crippen LogP contribution in [0.2, 0.25) is 0 Å². The Bertz CT molecular complexity index is 823. The first kappa shape index (κ1) is 21.4. The van der Waals surface area contributed by atoms with Crippen LogP contribution in [0.3, 0.4) is 0 Å². The number of aryl methyl sites for hydroxylation is 1. The van der Waals surface area contributed by atoms with Gasteiger partial charge in [0.25, 0.3) is 5.91 Å². The fourth-order valence-corrected chi connectivity index (χ4v) is 3.90. The van der Waals surface area contributed by atoms with Crippen LogP contribution in [0.5, 0.6) is 0 Å². The molecule has 0 aliphatic heterocycles. The molecule has 0 heterocycles. The largest absolute Gasteiger partial charge is 0.480 e. The van der Waals surface area contributed by atoms with Crippen molar-refractivity contribution in [2.45, 2.75) is 70.4 Å². The average molecular weight is 397 g/mol. The topological polar surface area (TPSA) is 113 Å². The van der Waals surface area contributed by atoms with Crippen LogP contribution in [-0.2, 0) is 14.8 Å². The molecule has 0 saturated heterocycles. The minimum absolute atomic E-state index is 0.00622. The summed E-state index contributed by atoms with van der Waals surface area (Å²) in [7, 11) is -3.69. The molecule has 3 N–H and O–H groups in total. The Kier molecular flexibility index (Phi) is 6.32. The highest BCUT2D eigenvalue weighted by atomic mass is 32.2. The lowest BCUT2D eigenvalue weighted by Gasteiger charge is -2.22. The number of sulfonamides is 1. The summed E-state index contributed by atoms with van der Waals surface area (Å²) in [5.41, 5.74) is 0.685. The van der Waals surface area contributed by atoms with Gasteiger partial charge in [-0.3, -0.25) is 4.79 Å². The van der Waals surface area contributed by atoms with Crippen LogP contribution in [0.15, 0.2) is 23.1 Å². The van der Waals surface area contributed by atoms with Crippen LogP contribution in [-0.4, -0.2) is 37.5 Å². The minimum Gasteiger partial charge on any atom is -0.480 e. The molecule has 0 aromatic heterocycles. The first-order valence-electron chi connectivity index (χ1n) is 9.06. The normalized spacial score (nSPS) is 16.0. The maximum Gasteiger partial charge on any atom is 0.326 e. The fraction of sp³-hybridized carbons (Fsp3) is 0.579. The van der Waals surface area contributed by atoms with Gasteiger partial charge < -0.3 is 10.4 Å². The first-order chi connectivity index (χ1) is 12.4. The number of hydrogen-bond donors (Lipinski definition) is 3. The highest BCUT2D eigenvalue weighted by molar-refractivity contribution is 7.89. The molecule has 1 unspecified atom stereocenters. The molecular formula is C19H28N2O5S. The second-order valence-corrected chi connectivity index (χ2v) is 10.0. The van der Waals surface area contributed by atoms with Crippen molar-refractivity contribution in [3.63, 3.8) is 0 Å². The van der Waals surface area contributed by atoms with Crippen molar-refractivity contribution in [1.29, 1.82) is 0 Å². The maximum absolute atomic E-state index is 12.6. The number of carboxylic acids is 1. The van der Waals surface area contributed by atoms with E-state index in [9.17, 15) is 23.1 Å². The zero-order chi connectivity index (χ0) is 20.4. The summed E-state index contributed by atoms with van der Waals surface area (Å²) in [5, 5.41) is 11.9. The molecule has 0 bridgehead atoms. The van der Waals surface area contributed by atoms with E-state index in [1.54, 1.807) is 13.0 Å². The van der Waals surface area contributed by atoms with E-state index in [1.165, 1.54) is 12.1 Å². The standard InChI is InChI=1S/C19H28N2O5S/c1-12-5-8-14(27(25,26)21-13-6-7-13)11-15(12)17(22)20-16(18(23)24)9-10-19(2,3)4/h5,8,11,13,16,21H,6-7,9-10H2,1-4H3,(H,20,22)(H,23,24).